The van der Waals surface area contributed by atoms with Gasteiger partial charge in [0.05, 0.1) is 6.54 Å². The molecule has 0 bridgehead atoms. The molecule has 1 fully saturated rings. The predicted octanol–water partition coefficient (Wildman–Crippen LogP) is 4.10. The van der Waals surface area contributed by atoms with Gasteiger partial charge < -0.3 is 9.80 Å². The van der Waals surface area contributed by atoms with Gasteiger partial charge in [0.25, 0.3) is 11.5 Å². The number of amides is 1. The maximum absolute atomic E-state index is 13.6. The maximum atomic E-state index is 13.6. The zero-order valence-corrected chi connectivity index (χ0v) is 21.0. The number of carbonyl (C=O) groups is 1. The van der Waals surface area contributed by atoms with Crippen molar-refractivity contribution < 1.29 is 4.79 Å². The van der Waals surface area contributed by atoms with Crippen LogP contribution in [0.25, 0.3) is 11.2 Å². The fourth-order valence-corrected chi connectivity index (χ4v) is 4.60. The van der Waals surface area contributed by atoms with Gasteiger partial charge in [-0.3, -0.25) is 14.2 Å². The van der Waals surface area contributed by atoms with Gasteiger partial charge in [-0.15, -0.1) is 0 Å². The van der Waals surface area contributed by atoms with Gasteiger partial charge in [0.1, 0.15) is 5.52 Å². The Hall–Kier alpha value is -4.00. The molecule has 4 aromatic rings. The van der Waals surface area contributed by atoms with Crippen LogP contribution in [0.3, 0.4) is 0 Å². The Labute approximate surface area is 211 Å². The monoisotopic (exact) mass is 481 g/mol. The number of piperazine rings is 1. The zero-order chi connectivity index (χ0) is 25.3. The molecule has 0 saturated carbocycles. The van der Waals surface area contributed by atoms with E-state index in [9.17, 15) is 9.59 Å². The number of pyridine rings is 1. The van der Waals surface area contributed by atoms with E-state index < -0.39 is 0 Å². The van der Waals surface area contributed by atoms with Crippen molar-refractivity contribution in [3.63, 3.8) is 0 Å². The molecule has 0 radical (unpaired) electrons. The lowest BCUT2D eigenvalue weighted by Crippen LogP contribution is -2.50. The van der Waals surface area contributed by atoms with E-state index in [2.05, 4.69) is 30.7 Å². The first kappa shape index (κ1) is 23.7. The first-order valence-corrected chi connectivity index (χ1v) is 12.4. The van der Waals surface area contributed by atoms with Gasteiger partial charge in [-0.2, -0.15) is 0 Å². The van der Waals surface area contributed by atoms with E-state index in [4.69, 9.17) is 0 Å². The van der Waals surface area contributed by atoms with Crippen LogP contribution in [0.15, 0.2) is 77.7 Å². The minimum Gasteiger partial charge on any atom is -0.348 e. The molecule has 0 spiro atoms. The number of aromatic nitrogens is 3. The Kier molecular flexibility index (Phi) is 6.31. The van der Waals surface area contributed by atoms with Crippen molar-refractivity contribution in [2.24, 2.45) is 0 Å². The first-order valence-electron chi connectivity index (χ1n) is 12.4. The maximum Gasteiger partial charge on any atom is 0.295 e. The molecule has 36 heavy (non-hydrogen) atoms. The molecular formula is C29H31N5O2. The van der Waals surface area contributed by atoms with Gasteiger partial charge in [-0.05, 0) is 40.8 Å². The summed E-state index contributed by atoms with van der Waals surface area (Å²) in [6.45, 7) is 9.06. The number of anilines is 1. The summed E-state index contributed by atoms with van der Waals surface area (Å²) in [7, 11) is 0. The summed E-state index contributed by atoms with van der Waals surface area (Å²) in [5, 5.41) is 0. The molecule has 184 valence electrons. The number of carbonyl (C=O) groups excluding carboxylic acids is 1. The smallest absolute Gasteiger partial charge is 0.295 e. The fraction of sp³-hybridized carbons (Fsp3) is 0.310. The highest BCUT2D eigenvalue weighted by atomic mass is 16.2. The lowest BCUT2D eigenvalue weighted by Gasteiger charge is -2.35. The van der Waals surface area contributed by atoms with Gasteiger partial charge in [0.15, 0.2) is 11.5 Å². The summed E-state index contributed by atoms with van der Waals surface area (Å²) in [5.41, 5.74) is 4.05. The number of fused-ring (bicyclic) bond motifs is 1. The van der Waals surface area contributed by atoms with Crippen LogP contribution in [0.5, 0.6) is 0 Å². The number of nitrogens with zero attached hydrogens (tertiary/aromatic N) is 5. The first-order chi connectivity index (χ1) is 17.3. The molecule has 7 nitrogen and oxygen atoms in total. The summed E-state index contributed by atoms with van der Waals surface area (Å²) in [6.07, 6.45) is 1.68. The Bertz CT molecular complexity index is 1430. The quantitative estimate of drug-likeness (QED) is 0.439. The zero-order valence-electron chi connectivity index (χ0n) is 21.0. The molecule has 2 aromatic carbocycles. The Morgan fingerprint density at radius 3 is 2.25 bits per heavy atom. The lowest BCUT2D eigenvalue weighted by molar-refractivity contribution is 0.0746. The van der Waals surface area contributed by atoms with Crippen LogP contribution >= 0.6 is 0 Å². The molecule has 1 aliphatic rings. The van der Waals surface area contributed by atoms with E-state index in [-0.39, 0.29) is 16.9 Å². The van der Waals surface area contributed by atoms with E-state index in [1.165, 1.54) is 5.56 Å². The van der Waals surface area contributed by atoms with Crippen LogP contribution in [-0.4, -0.2) is 51.5 Å². The third kappa shape index (κ3) is 4.73. The van der Waals surface area contributed by atoms with Crippen molar-refractivity contribution >= 4 is 22.9 Å². The van der Waals surface area contributed by atoms with E-state index in [0.29, 0.717) is 55.3 Å². The average molecular weight is 482 g/mol. The third-order valence-corrected chi connectivity index (χ3v) is 6.73. The van der Waals surface area contributed by atoms with Gasteiger partial charge in [-0.25, -0.2) is 9.97 Å². The molecule has 1 saturated heterocycles. The topological polar surface area (TPSA) is 71.3 Å². The SMILES string of the molecule is CC(C)(C)c1ccc(C(=O)N2CCN(c3nc4cccnc4n(Cc4ccccc4)c3=O)CC2)cc1. The number of hydrogen-bond acceptors (Lipinski definition) is 5. The van der Waals surface area contributed by atoms with Crippen molar-refractivity contribution in [3.8, 4) is 0 Å². The van der Waals surface area contributed by atoms with Crippen molar-refractivity contribution in [3.05, 3.63) is 100.0 Å². The van der Waals surface area contributed by atoms with Gasteiger partial charge >= 0.3 is 0 Å². The molecule has 2 aromatic heterocycles. The number of hydrogen-bond donors (Lipinski definition) is 0. The molecule has 1 aliphatic heterocycles. The minimum atomic E-state index is -0.164. The largest absolute Gasteiger partial charge is 0.348 e. The third-order valence-electron chi connectivity index (χ3n) is 6.73. The van der Waals surface area contributed by atoms with Gasteiger partial charge in [0.2, 0.25) is 0 Å². The summed E-state index contributed by atoms with van der Waals surface area (Å²) in [4.78, 5) is 39.7. The average Bonchev–Trinajstić information content (AvgIpc) is 2.90. The summed E-state index contributed by atoms with van der Waals surface area (Å²) in [6, 6.07) is 21.5. The molecule has 3 heterocycles. The molecule has 0 atom stereocenters. The summed E-state index contributed by atoms with van der Waals surface area (Å²) in [5.74, 6) is 0.431. The van der Waals surface area contributed by atoms with Gasteiger partial charge in [-0.1, -0.05) is 63.2 Å². The van der Waals surface area contributed by atoms with Crippen LogP contribution in [0.2, 0.25) is 0 Å². The minimum absolute atomic E-state index is 0.0206. The highest BCUT2D eigenvalue weighted by Crippen LogP contribution is 2.23. The van der Waals surface area contributed by atoms with Gasteiger partial charge in [0, 0.05) is 37.9 Å². The Morgan fingerprint density at radius 1 is 0.889 bits per heavy atom. The van der Waals surface area contributed by atoms with E-state index in [1.54, 1.807) is 10.8 Å². The second-order valence-corrected chi connectivity index (χ2v) is 10.3. The van der Waals surface area contributed by atoms with Crippen LogP contribution in [0.4, 0.5) is 5.82 Å². The van der Waals surface area contributed by atoms with Crippen molar-refractivity contribution in [1.82, 2.24) is 19.4 Å². The lowest BCUT2D eigenvalue weighted by atomic mass is 9.86. The second kappa shape index (κ2) is 9.57. The van der Waals surface area contributed by atoms with Crippen LogP contribution < -0.4 is 10.5 Å². The summed E-state index contributed by atoms with van der Waals surface area (Å²) < 4.78 is 1.70. The fourth-order valence-electron chi connectivity index (χ4n) is 4.60. The molecular weight excluding hydrogens is 450 g/mol. The molecule has 0 unspecified atom stereocenters. The van der Waals surface area contributed by atoms with Crippen LogP contribution in [0, 0.1) is 0 Å². The Balaban J connectivity index is 1.36. The highest BCUT2D eigenvalue weighted by Gasteiger charge is 2.26. The standard InChI is InChI=1S/C29H31N5O2/c1-29(2,3)23-13-11-22(12-14-23)27(35)33-18-16-32(17-19-33)26-28(36)34(20-21-8-5-4-6-9-21)25-24(31-26)10-7-15-30-25/h4-15H,16-20H2,1-3H3. The summed E-state index contributed by atoms with van der Waals surface area (Å²) >= 11 is 0. The van der Waals surface area contributed by atoms with E-state index in [0.717, 1.165) is 5.56 Å². The molecule has 0 aliphatic carbocycles. The van der Waals surface area contributed by atoms with Crippen molar-refractivity contribution in [2.45, 2.75) is 32.7 Å². The molecule has 1 amide bonds. The number of rotatable bonds is 4. The number of benzene rings is 2. The van der Waals surface area contributed by atoms with E-state index >= 15 is 0 Å². The van der Waals surface area contributed by atoms with Crippen LogP contribution in [-0.2, 0) is 12.0 Å². The molecule has 7 heteroatoms. The predicted molar refractivity (Wildman–Crippen MR) is 143 cm³/mol. The molecule has 0 N–H and O–H groups in total. The van der Waals surface area contributed by atoms with E-state index in [1.807, 2.05) is 76.5 Å². The normalized spacial score (nSPS) is 14.3. The van der Waals surface area contributed by atoms with Crippen molar-refractivity contribution in [1.29, 1.82) is 0 Å². The highest BCUT2D eigenvalue weighted by molar-refractivity contribution is 5.94. The van der Waals surface area contributed by atoms with Crippen LogP contribution in [0.1, 0.15) is 42.3 Å². The second-order valence-electron chi connectivity index (χ2n) is 10.3. The Morgan fingerprint density at radius 2 is 1.58 bits per heavy atom. The van der Waals surface area contributed by atoms with Crippen molar-refractivity contribution in [2.75, 3.05) is 31.1 Å². The molecule has 5 rings (SSSR count).